The quantitative estimate of drug-likeness (QED) is 0.357. The summed E-state index contributed by atoms with van der Waals surface area (Å²) in [5.41, 5.74) is 4.16. The molecule has 1 aromatic carbocycles. The third kappa shape index (κ3) is 4.01. The van der Waals surface area contributed by atoms with Crippen molar-refractivity contribution in [1.82, 2.24) is 9.97 Å². The van der Waals surface area contributed by atoms with Gasteiger partial charge in [0.15, 0.2) is 0 Å². The molecule has 5 N–H and O–H groups in total. The van der Waals surface area contributed by atoms with Crippen LogP contribution in [-0.2, 0) is 17.6 Å². The molecule has 1 saturated heterocycles. The van der Waals surface area contributed by atoms with E-state index in [1.807, 2.05) is 30.5 Å². The molecule has 0 saturated carbocycles. The highest BCUT2D eigenvalue weighted by molar-refractivity contribution is 7.99. The van der Waals surface area contributed by atoms with Gasteiger partial charge in [0.25, 0.3) is 0 Å². The fourth-order valence-electron chi connectivity index (χ4n) is 4.93. The number of para-hydroxylation sites is 1. The normalized spacial score (nSPS) is 27.2. The van der Waals surface area contributed by atoms with Gasteiger partial charge in [0.05, 0.1) is 12.2 Å². The molecule has 0 radical (unpaired) electrons. The van der Waals surface area contributed by atoms with Crippen LogP contribution in [0.4, 0.5) is 0 Å². The van der Waals surface area contributed by atoms with Gasteiger partial charge in [-0.05, 0) is 37.3 Å². The predicted molar refractivity (Wildman–Crippen MR) is 127 cm³/mol. The summed E-state index contributed by atoms with van der Waals surface area (Å²) in [4.78, 5) is 8.15. The first kappa shape index (κ1) is 23.3. The van der Waals surface area contributed by atoms with Gasteiger partial charge in [0.2, 0.25) is 0 Å². The minimum atomic E-state index is -1.48. The van der Waals surface area contributed by atoms with E-state index in [0.29, 0.717) is 10.6 Å². The molecule has 3 heterocycles. The third-order valence-electron chi connectivity index (χ3n) is 6.74. The predicted octanol–water partition coefficient (Wildman–Crippen LogP) is 2.26. The molecule has 1 fully saturated rings. The van der Waals surface area contributed by atoms with Crippen LogP contribution >= 0.6 is 11.8 Å². The number of thioether (sulfide) groups is 1. The number of fused-ring (bicyclic) bond motifs is 2. The van der Waals surface area contributed by atoms with E-state index in [0.717, 1.165) is 77.2 Å². The number of nitriles is 1. The summed E-state index contributed by atoms with van der Waals surface area (Å²) in [6.07, 6.45) is 1.31. The molecular weight excluding hydrogens is 454 g/mol. The third-order valence-corrected chi connectivity index (χ3v) is 7.88. The number of aromatic nitrogens is 2. The Morgan fingerprint density at radius 1 is 1.09 bits per heavy atom. The average molecular weight is 482 g/mol. The van der Waals surface area contributed by atoms with Crippen molar-refractivity contribution < 1.29 is 25.2 Å². The Morgan fingerprint density at radius 3 is 2.68 bits per heavy atom. The molecule has 5 rings (SSSR count). The van der Waals surface area contributed by atoms with Crippen molar-refractivity contribution in [2.75, 3.05) is 6.61 Å². The number of nitrogens with zero attached hydrogens (tertiary/aromatic N) is 2. The highest BCUT2D eigenvalue weighted by Gasteiger charge is 2.44. The van der Waals surface area contributed by atoms with Crippen molar-refractivity contribution in [3.63, 3.8) is 0 Å². The second kappa shape index (κ2) is 9.66. The van der Waals surface area contributed by atoms with Crippen molar-refractivity contribution in [1.29, 1.82) is 5.26 Å². The molecule has 1 aliphatic heterocycles. The monoisotopic (exact) mass is 481 g/mol. The van der Waals surface area contributed by atoms with Crippen LogP contribution in [0.3, 0.4) is 0 Å². The van der Waals surface area contributed by atoms with Crippen LogP contribution < -0.4 is 0 Å². The number of aliphatic hydroxyl groups is 4. The lowest BCUT2D eigenvalue weighted by molar-refractivity contribution is -0.205. The number of aromatic amines is 1. The fourth-order valence-corrected chi connectivity index (χ4v) is 6.08. The van der Waals surface area contributed by atoms with Gasteiger partial charge in [-0.25, -0.2) is 4.98 Å². The number of rotatable bonds is 4. The van der Waals surface area contributed by atoms with E-state index in [2.05, 4.69) is 11.1 Å². The van der Waals surface area contributed by atoms with E-state index in [1.54, 1.807) is 0 Å². The first-order chi connectivity index (χ1) is 16.5. The van der Waals surface area contributed by atoms with E-state index >= 15 is 0 Å². The number of hydrogen-bond donors (Lipinski definition) is 5. The van der Waals surface area contributed by atoms with Crippen molar-refractivity contribution in [2.24, 2.45) is 0 Å². The van der Waals surface area contributed by atoms with E-state index in [4.69, 9.17) is 9.72 Å². The standard InChI is InChI=1S/C25H27N3O5S/c26-10-15-20(16-11-27-17-8-5-4-6-13(16)17)14-7-2-1-3-9-18(14)28-24(15)34-25-23(32)22(31)21(30)19(12-29)33-25/h4-6,8,11,19,21-23,25,27,29-32H,1-3,7,9,12H2/t19-,21-,22+,23-,25+/m1/s1. The molecule has 0 amide bonds. The van der Waals surface area contributed by atoms with E-state index in [9.17, 15) is 25.7 Å². The van der Waals surface area contributed by atoms with E-state index < -0.39 is 36.5 Å². The Labute approximate surface area is 201 Å². The lowest BCUT2D eigenvalue weighted by atomic mass is 9.92. The number of aliphatic hydroxyl groups excluding tert-OH is 4. The molecule has 8 nitrogen and oxygen atoms in total. The molecule has 0 unspecified atom stereocenters. The lowest BCUT2D eigenvalue weighted by Crippen LogP contribution is -2.57. The van der Waals surface area contributed by atoms with Crippen LogP contribution in [0, 0.1) is 11.3 Å². The molecule has 178 valence electrons. The highest BCUT2D eigenvalue weighted by Crippen LogP contribution is 2.42. The molecule has 5 atom stereocenters. The number of ether oxygens (including phenoxy) is 1. The summed E-state index contributed by atoms with van der Waals surface area (Å²) >= 11 is 1.05. The first-order valence-electron chi connectivity index (χ1n) is 11.5. The molecule has 0 spiro atoms. The maximum atomic E-state index is 10.6. The van der Waals surface area contributed by atoms with E-state index in [-0.39, 0.29) is 0 Å². The van der Waals surface area contributed by atoms with E-state index in [1.165, 1.54) is 0 Å². The smallest absolute Gasteiger partial charge is 0.138 e. The van der Waals surface area contributed by atoms with Gasteiger partial charge in [-0.15, -0.1) is 0 Å². The van der Waals surface area contributed by atoms with Gasteiger partial charge in [-0.1, -0.05) is 36.4 Å². The zero-order chi connectivity index (χ0) is 23.8. The maximum Gasteiger partial charge on any atom is 0.138 e. The van der Waals surface area contributed by atoms with Crippen LogP contribution in [0.5, 0.6) is 0 Å². The summed E-state index contributed by atoms with van der Waals surface area (Å²) in [5.74, 6) is 0. The summed E-state index contributed by atoms with van der Waals surface area (Å²) in [7, 11) is 0. The topological polar surface area (TPSA) is 143 Å². The van der Waals surface area contributed by atoms with Gasteiger partial charge < -0.3 is 30.1 Å². The Morgan fingerprint density at radius 2 is 1.88 bits per heavy atom. The van der Waals surface area contributed by atoms with Crippen LogP contribution in [0.1, 0.15) is 36.1 Å². The van der Waals surface area contributed by atoms with Crippen LogP contribution in [0.15, 0.2) is 35.5 Å². The van der Waals surface area contributed by atoms with Gasteiger partial charge in [-0.2, -0.15) is 5.26 Å². The first-order valence-corrected chi connectivity index (χ1v) is 12.4. The number of aryl methyl sites for hydroxylation is 1. The fraction of sp³-hybridized carbons (Fsp3) is 0.440. The minimum absolute atomic E-state index is 0.396. The van der Waals surface area contributed by atoms with Gasteiger partial charge in [0, 0.05) is 33.9 Å². The lowest BCUT2D eigenvalue weighted by Gasteiger charge is -2.39. The number of hydrogen-bond acceptors (Lipinski definition) is 8. The highest BCUT2D eigenvalue weighted by atomic mass is 32.2. The summed E-state index contributed by atoms with van der Waals surface area (Å²) in [6, 6.07) is 10.3. The van der Waals surface area contributed by atoms with Crippen molar-refractivity contribution in [3.8, 4) is 17.2 Å². The van der Waals surface area contributed by atoms with Crippen LogP contribution in [-0.4, -0.2) is 66.9 Å². The second-order valence-electron chi connectivity index (χ2n) is 8.83. The minimum Gasteiger partial charge on any atom is -0.394 e. The van der Waals surface area contributed by atoms with Crippen LogP contribution in [0.2, 0.25) is 0 Å². The molecule has 2 aromatic heterocycles. The zero-order valence-electron chi connectivity index (χ0n) is 18.5. The zero-order valence-corrected chi connectivity index (χ0v) is 19.3. The maximum absolute atomic E-state index is 10.6. The van der Waals surface area contributed by atoms with Crippen molar-refractivity contribution >= 4 is 22.7 Å². The molecule has 34 heavy (non-hydrogen) atoms. The van der Waals surface area contributed by atoms with Gasteiger partial charge >= 0.3 is 0 Å². The van der Waals surface area contributed by atoms with Crippen LogP contribution in [0.25, 0.3) is 22.0 Å². The summed E-state index contributed by atoms with van der Waals surface area (Å²) in [5, 5.41) is 52.2. The van der Waals surface area contributed by atoms with Crippen molar-refractivity contribution in [3.05, 3.63) is 47.3 Å². The Kier molecular flexibility index (Phi) is 6.62. The molecule has 3 aromatic rings. The average Bonchev–Trinajstić information content (AvgIpc) is 3.14. The molecule has 0 bridgehead atoms. The Hall–Kier alpha value is -2.45. The molecule has 9 heteroatoms. The number of nitrogens with one attached hydrogen (secondary N) is 1. The van der Waals surface area contributed by atoms with Crippen molar-refractivity contribution in [2.45, 2.75) is 67.0 Å². The Balaban J connectivity index is 1.65. The summed E-state index contributed by atoms with van der Waals surface area (Å²) in [6.45, 7) is -0.509. The molecule has 1 aliphatic carbocycles. The molecule has 2 aliphatic rings. The molecular formula is C25H27N3O5S. The SMILES string of the molecule is N#Cc1c(S[C@@H]2O[C@H](CO)[C@@H](O)[C@H](O)[C@H]2O)nc2c(c1-c1c[nH]c3ccccc13)CCCCC2. The largest absolute Gasteiger partial charge is 0.394 e. The number of pyridine rings is 1. The number of benzene rings is 1. The number of H-pyrrole nitrogens is 1. The van der Waals surface area contributed by atoms with Gasteiger partial charge in [0.1, 0.15) is 40.9 Å². The second-order valence-corrected chi connectivity index (χ2v) is 9.91. The van der Waals surface area contributed by atoms with Gasteiger partial charge in [-0.3, -0.25) is 0 Å². The summed E-state index contributed by atoms with van der Waals surface area (Å²) < 4.78 is 5.70. The Bertz CT molecular complexity index is 1240.